The number of hydrogen-bond donors (Lipinski definition) is 2. The smallest absolute Gasteiger partial charge is 0.221 e. The Morgan fingerprint density at radius 3 is 2.71 bits per heavy atom. The summed E-state index contributed by atoms with van der Waals surface area (Å²) in [6.07, 6.45) is 0.474. The van der Waals surface area contributed by atoms with E-state index in [4.69, 9.17) is 0 Å². The summed E-state index contributed by atoms with van der Waals surface area (Å²) in [5.41, 5.74) is 1.97. The molecule has 1 heterocycles. The van der Waals surface area contributed by atoms with Crippen molar-refractivity contribution in [3.05, 3.63) is 30.0 Å². The summed E-state index contributed by atoms with van der Waals surface area (Å²) in [5, 5.41) is 11.9. The van der Waals surface area contributed by atoms with Crippen LogP contribution in [-0.2, 0) is 18.4 Å². The van der Waals surface area contributed by atoms with Crippen molar-refractivity contribution in [3.63, 3.8) is 0 Å². The van der Waals surface area contributed by atoms with E-state index in [1.807, 2.05) is 44.6 Å². The van der Waals surface area contributed by atoms with E-state index in [9.17, 15) is 4.79 Å². The average molecular weight is 288 g/mol. The van der Waals surface area contributed by atoms with Gasteiger partial charge in [0.05, 0.1) is 11.2 Å². The average Bonchev–Trinajstić information content (AvgIpc) is 2.70. The quantitative estimate of drug-likeness (QED) is 0.827. The summed E-state index contributed by atoms with van der Waals surface area (Å²) >= 11 is 0. The molecule has 1 amide bonds. The van der Waals surface area contributed by atoms with E-state index in [1.54, 1.807) is 0 Å². The van der Waals surface area contributed by atoms with Crippen LogP contribution in [0, 0.1) is 0 Å². The molecule has 0 spiro atoms. The third-order valence-electron chi connectivity index (χ3n) is 3.17. The molecule has 0 unspecified atom stereocenters. The highest BCUT2D eigenvalue weighted by molar-refractivity contribution is 5.81. The van der Waals surface area contributed by atoms with Crippen LogP contribution in [0.3, 0.4) is 0 Å². The van der Waals surface area contributed by atoms with Crippen LogP contribution in [0.2, 0.25) is 0 Å². The summed E-state index contributed by atoms with van der Waals surface area (Å²) in [4.78, 5) is 11.7. The normalized spacial score (nSPS) is 11.8. The molecule has 0 aliphatic rings. The highest BCUT2D eigenvalue weighted by Crippen LogP contribution is 2.16. The van der Waals surface area contributed by atoms with Crippen molar-refractivity contribution in [2.75, 3.05) is 6.54 Å². The number of carbonyl (C=O) groups excluding carboxylic acids is 1. The first-order valence-corrected chi connectivity index (χ1v) is 7.29. The molecular weight excluding hydrogens is 264 g/mol. The van der Waals surface area contributed by atoms with Gasteiger partial charge in [-0.2, -0.15) is 5.10 Å². The van der Waals surface area contributed by atoms with Crippen LogP contribution in [-0.4, -0.2) is 27.8 Å². The van der Waals surface area contributed by atoms with Crippen molar-refractivity contribution in [2.45, 2.75) is 39.3 Å². The van der Waals surface area contributed by atoms with Crippen molar-refractivity contribution in [1.29, 1.82) is 0 Å². The van der Waals surface area contributed by atoms with Gasteiger partial charge >= 0.3 is 0 Å². The number of nitrogens with zero attached hydrogens (tertiary/aromatic N) is 2. The Morgan fingerprint density at radius 2 is 2.00 bits per heavy atom. The molecule has 0 bridgehead atoms. The van der Waals surface area contributed by atoms with E-state index in [-0.39, 0.29) is 11.4 Å². The highest BCUT2D eigenvalue weighted by Gasteiger charge is 2.13. The maximum Gasteiger partial charge on any atom is 0.221 e. The maximum absolute atomic E-state index is 11.7. The van der Waals surface area contributed by atoms with Gasteiger partial charge in [-0.05, 0) is 26.8 Å². The fraction of sp³-hybridized carbons (Fsp3) is 0.500. The lowest BCUT2D eigenvalue weighted by Crippen LogP contribution is -2.41. The van der Waals surface area contributed by atoms with E-state index < -0.39 is 0 Å². The molecule has 5 nitrogen and oxygen atoms in total. The summed E-state index contributed by atoms with van der Waals surface area (Å²) < 4.78 is 1.89. The van der Waals surface area contributed by atoms with Crippen molar-refractivity contribution >= 4 is 16.8 Å². The van der Waals surface area contributed by atoms with E-state index in [2.05, 4.69) is 27.9 Å². The molecule has 0 saturated heterocycles. The summed E-state index contributed by atoms with van der Waals surface area (Å²) in [6, 6.07) is 8.16. The van der Waals surface area contributed by atoms with Gasteiger partial charge in [0, 0.05) is 37.5 Å². The zero-order valence-electron chi connectivity index (χ0n) is 13.2. The number of nitrogens with one attached hydrogen (secondary N) is 2. The molecule has 1 aromatic carbocycles. The maximum atomic E-state index is 11.7. The topological polar surface area (TPSA) is 59.0 Å². The molecule has 0 atom stereocenters. The number of fused-ring (bicyclic) bond motifs is 1. The van der Waals surface area contributed by atoms with E-state index in [1.165, 1.54) is 0 Å². The Hall–Kier alpha value is -1.88. The van der Waals surface area contributed by atoms with E-state index in [0.717, 1.165) is 16.6 Å². The molecule has 2 aromatic rings. The molecule has 21 heavy (non-hydrogen) atoms. The fourth-order valence-electron chi connectivity index (χ4n) is 2.31. The summed E-state index contributed by atoms with van der Waals surface area (Å²) in [6.45, 7) is 7.27. The van der Waals surface area contributed by atoms with Crippen molar-refractivity contribution in [1.82, 2.24) is 20.4 Å². The van der Waals surface area contributed by atoms with Crippen LogP contribution in [0.15, 0.2) is 24.3 Å². The molecule has 0 fully saturated rings. The van der Waals surface area contributed by atoms with Gasteiger partial charge in [-0.1, -0.05) is 18.2 Å². The first-order valence-electron chi connectivity index (χ1n) is 7.29. The molecule has 0 aliphatic heterocycles. The van der Waals surface area contributed by atoms with Gasteiger partial charge in [-0.15, -0.1) is 0 Å². The van der Waals surface area contributed by atoms with Crippen LogP contribution < -0.4 is 10.6 Å². The second-order valence-corrected chi connectivity index (χ2v) is 6.31. The molecule has 0 radical (unpaired) electrons. The number of para-hydroxylation sites is 1. The number of hydrogen-bond acceptors (Lipinski definition) is 3. The standard InChI is InChI=1S/C16H24N4O/c1-16(2,3)18-15(21)9-10-17-11-13-12-7-5-6-8-14(12)20(4)19-13/h5-8,17H,9-11H2,1-4H3,(H,18,21). The predicted octanol–water partition coefficient (Wildman–Crippen LogP) is 1.97. The zero-order chi connectivity index (χ0) is 15.5. The lowest BCUT2D eigenvalue weighted by Gasteiger charge is -2.20. The Labute approximate surface area is 125 Å². The van der Waals surface area contributed by atoms with E-state index in [0.29, 0.717) is 19.5 Å². The predicted molar refractivity (Wildman–Crippen MR) is 84.9 cm³/mol. The Balaban J connectivity index is 1.85. The minimum Gasteiger partial charge on any atom is -0.351 e. The van der Waals surface area contributed by atoms with Crippen LogP contribution in [0.25, 0.3) is 10.9 Å². The molecule has 1 aromatic heterocycles. The van der Waals surface area contributed by atoms with Gasteiger partial charge in [-0.25, -0.2) is 0 Å². The van der Waals surface area contributed by atoms with Crippen LogP contribution in [0.5, 0.6) is 0 Å². The zero-order valence-corrected chi connectivity index (χ0v) is 13.2. The van der Waals surface area contributed by atoms with Gasteiger partial charge in [-0.3, -0.25) is 9.48 Å². The van der Waals surface area contributed by atoms with Crippen LogP contribution in [0.4, 0.5) is 0 Å². The number of amides is 1. The lowest BCUT2D eigenvalue weighted by molar-refractivity contribution is -0.122. The first-order chi connectivity index (χ1) is 9.87. The highest BCUT2D eigenvalue weighted by atomic mass is 16.1. The Kier molecular flexibility index (Phi) is 4.63. The monoisotopic (exact) mass is 288 g/mol. The largest absolute Gasteiger partial charge is 0.351 e. The van der Waals surface area contributed by atoms with Crippen LogP contribution in [0.1, 0.15) is 32.9 Å². The first kappa shape index (κ1) is 15.5. The number of carbonyl (C=O) groups is 1. The second-order valence-electron chi connectivity index (χ2n) is 6.31. The SMILES string of the molecule is Cn1nc(CNCCC(=O)NC(C)(C)C)c2ccccc21. The molecule has 5 heteroatoms. The number of rotatable bonds is 5. The third kappa shape index (κ3) is 4.29. The summed E-state index contributed by atoms with van der Waals surface area (Å²) in [5.74, 6) is 0.0703. The van der Waals surface area contributed by atoms with Crippen molar-refractivity contribution in [3.8, 4) is 0 Å². The summed E-state index contributed by atoms with van der Waals surface area (Å²) in [7, 11) is 1.95. The molecule has 2 N–H and O–H groups in total. The Bertz CT molecular complexity index is 625. The van der Waals surface area contributed by atoms with Gasteiger partial charge in [0.2, 0.25) is 5.91 Å². The molecular formula is C16H24N4O. The third-order valence-corrected chi connectivity index (χ3v) is 3.17. The van der Waals surface area contributed by atoms with Gasteiger partial charge < -0.3 is 10.6 Å². The van der Waals surface area contributed by atoms with Gasteiger partial charge in [0.15, 0.2) is 0 Å². The minimum atomic E-state index is -0.172. The van der Waals surface area contributed by atoms with E-state index >= 15 is 0 Å². The van der Waals surface area contributed by atoms with Crippen LogP contribution >= 0.6 is 0 Å². The fourth-order valence-corrected chi connectivity index (χ4v) is 2.31. The molecule has 0 saturated carbocycles. The second kappa shape index (κ2) is 6.26. The number of aromatic nitrogens is 2. The molecule has 0 aliphatic carbocycles. The lowest BCUT2D eigenvalue weighted by atomic mass is 10.1. The van der Waals surface area contributed by atoms with Gasteiger partial charge in [0.25, 0.3) is 0 Å². The molecule has 2 rings (SSSR count). The number of benzene rings is 1. The minimum absolute atomic E-state index is 0.0703. The molecule has 114 valence electrons. The Morgan fingerprint density at radius 1 is 1.29 bits per heavy atom. The van der Waals surface area contributed by atoms with Crippen molar-refractivity contribution < 1.29 is 4.79 Å². The van der Waals surface area contributed by atoms with Crippen molar-refractivity contribution in [2.24, 2.45) is 7.05 Å². The number of aryl methyl sites for hydroxylation is 1. The van der Waals surface area contributed by atoms with Gasteiger partial charge in [0.1, 0.15) is 0 Å².